The summed E-state index contributed by atoms with van der Waals surface area (Å²) in [6.45, 7) is 11.4. The van der Waals surface area contributed by atoms with Crippen LogP contribution in [0.5, 0.6) is 0 Å². The van der Waals surface area contributed by atoms with Crippen LogP contribution >= 0.6 is 0 Å². The van der Waals surface area contributed by atoms with Gasteiger partial charge in [-0.05, 0) is 26.7 Å². The van der Waals surface area contributed by atoms with Crippen molar-refractivity contribution in [3.63, 3.8) is 0 Å². The van der Waals surface area contributed by atoms with Gasteiger partial charge in [0.05, 0.1) is 6.54 Å². The summed E-state index contributed by atoms with van der Waals surface area (Å²) in [6.07, 6.45) is -0.446. The second-order valence-electron chi connectivity index (χ2n) is 5.80. The van der Waals surface area contributed by atoms with E-state index in [4.69, 9.17) is 4.74 Å². The SMILES string of the molecule is CC(C)CNC(=O)CNCCNC(=O)OC(C)(C)C. The average molecular weight is 273 g/mol. The van der Waals surface area contributed by atoms with E-state index in [1.807, 2.05) is 34.6 Å². The van der Waals surface area contributed by atoms with E-state index in [2.05, 4.69) is 16.0 Å². The highest BCUT2D eigenvalue weighted by Crippen LogP contribution is 2.05. The third kappa shape index (κ3) is 12.9. The quantitative estimate of drug-likeness (QED) is 0.601. The molecule has 6 nitrogen and oxygen atoms in total. The second kappa shape index (κ2) is 8.74. The van der Waals surface area contributed by atoms with Crippen molar-refractivity contribution in [3.05, 3.63) is 0 Å². The third-order valence-corrected chi connectivity index (χ3v) is 1.96. The molecule has 0 unspecified atom stereocenters. The Morgan fingerprint density at radius 1 is 1.11 bits per heavy atom. The molecule has 6 heteroatoms. The van der Waals surface area contributed by atoms with E-state index in [0.717, 1.165) is 0 Å². The van der Waals surface area contributed by atoms with Gasteiger partial charge in [0.1, 0.15) is 5.60 Å². The normalized spacial score (nSPS) is 11.3. The highest BCUT2D eigenvalue weighted by atomic mass is 16.6. The molecule has 0 saturated heterocycles. The molecule has 0 fully saturated rings. The van der Waals surface area contributed by atoms with Crippen molar-refractivity contribution in [1.29, 1.82) is 0 Å². The van der Waals surface area contributed by atoms with Gasteiger partial charge >= 0.3 is 6.09 Å². The summed E-state index contributed by atoms with van der Waals surface area (Å²) in [5.41, 5.74) is -0.492. The Bertz CT molecular complexity index is 285. The molecule has 0 aromatic carbocycles. The number of ether oxygens (including phenoxy) is 1. The van der Waals surface area contributed by atoms with E-state index in [-0.39, 0.29) is 12.5 Å². The molecule has 0 heterocycles. The lowest BCUT2D eigenvalue weighted by Gasteiger charge is -2.19. The van der Waals surface area contributed by atoms with Crippen LogP contribution < -0.4 is 16.0 Å². The van der Waals surface area contributed by atoms with Crippen LogP contribution in [0.2, 0.25) is 0 Å². The molecular formula is C13H27N3O3. The van der Waals surface area contributed by atoms with Crippen LogP contribution in [0.4, 0.5) is 4.79 Å². The summed E-state index contributed by atoms with van der Waals surface area (Å²) in [5, 5.41) is 8.35. The van der Waals surface area contributed by atoms with Gasteiger partial charge in [0.2, 0.25) is 5.91 Å². The van der Waals surface area contributed by atoms with E-state index < -0.39 is 11.7 Å². The Morgan fingerprint density at radius 2 is 1.74 bits per heavy atom. The van der Waals surface area contributed by atoms with Crippen LogP contribution in [-0.2, 0) is 9.53 Å². The summed E-state index contributed by atoms with van der Waals surface area (Å²) in [5.74, 6) is 0.406. The van der Waals surface area contributed by atoms with Crippen LogP contribution in [0.1, 0.15) is 34.6 Å². The fourth-order valence-corrected chi connectivity index (χ4v) is 1.15. The van der Waals surface area contributed by atoms with Crippen molar-refractivity contribution < 1.29 is 14.3 Å². The fourth-order valence-electron chi connectivity index (χ4n) is 1.15. The van der Waals surface area contributed by atoms with Gasteiger partial charge in [-0.15, -0.1) is 0 Å². The smallest absolute Gasteiger partial charge is 0.407 e. The average Bonchev–Trinajstić information content (AvgIpc) is 2.23. The molecule has 112 valence electrons. The van der Waals surface area contributed by atoms with Crippen LogP contribution in [0.25, 0.3) is 0 Å². The minimum absolute atomic E-state index is 0.0361. The monoisotopic (exact) mass is 273 g/mol. The lowest BCUT2D eigenvalue weighted by Crippen LogP contribution is -2.40. The Balaban J connectivity index is 3.50. The molecular weight excluding hydrogens is 246 g/mol. The molecule has 0 aromatic rings. The lowest BCUT2D eigenvalue weighted by atomic mass is 10.2. The van der Waals surface area contributed by atoms with E-state index in [1.54, 1.807) is 0 Å². The second-order valence-corrected chi connectivity index (χ2v) is 5.80. The zero-order valence-electron chi connectivity index (χ0n) is 12.6. The van der Waals surface area contributed by atoms with Crippen molar-refractivity contribution in [2.45, 2.75) is 40.2 Å². The fraction of sp³-hybridized carbons (Fsp3) is 0.846. The van der Waals surface area contributed by atoms with Gasteiger partial charge in [0, 0.05) is 19.6 Å². The molecule has 0 saturated carbocycles. The molecule has 2 amide bonds. The third-order valence-electron chi connectivity index (χ3n) is 1.96. The van der Waals surface area contributed by atoms with Crippen LogP contribution in [0.15, 0.2) is 0 Å². The van der Waals surface area contributed by atoms with Gasteiger partial charge in [-0.3, -0.25) is 4.79 Å². The Hall–Kier alpha value is -1.30. The predicted octanol–water partition coefficient (Wildman–Crippen LogP) is 0.873. The predicted molar refractivity (Wildman–Crippen MR) is 75.0 cm³/mol. The molecule has 3 N–H and O–H groups in total. The molecule has 0 aliphatic heterocycles. The van der Waals surface area contributed by atoms with Crippen molar-refractivity contribution >= 4 is 12.0 Å². The first-order valence-electron chi connectivity index (χ1n) is 6.65. The molecule has 0 radical (unpaired) electrons. The Morgan fingerprint density at radius 3 is 2.26 bits per heavy atom. The minimum atomic E-state index is -0.492. The van der Waals surface area contributed by atoms with Crippen LogP contribution in [-0.4, -0.2) is 43.8 Å². The van der Waals surface area contributed by atoms with E-state index in [9.17, 15) is 9.59 Å². The van der Waals surface area contributed by atoms with Crippen molar-refractivity contribution in [2.75, 3.05) is 26.2 Å². The number of carbonyl (C=O) groups excluding carboxylic acids is 2. The van der Waals surface area contributed by atoms with E-state index in [0.29, 0.717) is 25.6 Å². The summed E-state index contributed by atoms with van der Waals surface area (Å²) in [6, 6.07) is 0. The topological polar surface area (TPSA) is 79.5 Å². The lowest BCUT2D eigenvalue weighted by molar-refractivity contribution is -0.120. The van der Waals surface area contributed by atoms with Crippen LogP contribution in [0.3, 0.4) is 0 Å². The van der Waals surface area contributed by atoms with Gasteiger partial charge < -0.3 is 20.7 Å². The van der Waals surface area contributed by atoms with E-state index >= 15 is 0 Å². The molecule has 0 aromatic heterocycles. The highest BCUT2D eigenvalue weighted by molar-refractivity contribution is 5.77. The number of carbonyl (C=O) groups is 2. The Labute approximate surface area is 115 Å². The Kier molecular flexibility index (Phi) is 8.14. The zero-order valence-corrected chi connectivity index (χ0v) is 12.6. The van der Waals surface area contributed by atoms with Gasteiger partial charge in [0.25, 0.3) is 0 Å². The number of alkyl carbamates (subject to hydrolysis) is 1. The van der Waals surface area contributed by atoms with Gasteiger partial charge in [-0.2, -0.15) is 0 Å². The van der Waals surface area contributed by atoms with E-state index in [1.165, 1.54) is 0 Å². The van der Waals surface area contributed by atoms with Gasteiger partial charge in [-0.1, -0.05) is 13.8 Å². The standard InChI is InChI=1S/C13H27N3O3/c1-10(2)8-16-11(17)9-14-6-7-15-12(18)19-13(3,4)5/h10,14H,6-9H2,1-5H3,(H,15,18)(H,16,17). The maximum atomic E-state index is 11.3. The van der Waals surface area contributed by atoms with Crippen molar-refractivity contribution in [3.8, 4) is 0 Å². The first kappa shape index (κ1) is 17.7. The number of rotatable bonds is 7. The van der Waals surface area contributed by atoms with Crippen LogP contribution in [0, 0.1) is 5.92 Å². The van der Waals surface area contributed by atoms with Gasteiger partial charge in [0.15, 0.2) is 0 Å². The number of hydrogen-bond acceptors (Lipinski definition) is 4. The van der Waals surface area contributed by atoms with Crippen molar-refractivity contribution in [2.24, 2.45) is 5.92 Å². The van der Waals surface area contributed by atoms with Gasteiger partial charge in [-0.25, -0.2) is 4.79 Å². The largest absolute Gasteiger partial charge is 0.444 e. The maximum Gasteiger partial charge on any atom is 0.407 e. The summed E-state index contributed by atoms with van der Waals surface area (Å²) in [7, 11) is 0. The highest BCUT2D eigenvalue weighted by Gasteiger charge is 2.15. The number of amides is 2. The summed E-state index contributed by atoms with van der Waals surface area (Å²) >= 11 is 0. The minimum Gasteiger partial charge on any atom is -0.444 e. The zero-order chi connectivity index (χ0) is 14.9. The summed E-state index contributed by atoms with van der Waals surface area (Å²) in [4.78, 5) is 22.6. The summed E-state index contributed by atoms with van der Waals surface area (Å²) < 4.78 is 5.07. The first-order valence-corrected chi connectivity index (χ1v) is 6.65. The number of nitrogens with one attached hydrogen (secondary N) is 3. The molecule has 0 bridgehead atoms. The molecule has 19 heavy (non-hydrogen) atoms. The first-order chi connectivity index (χ1) is 8.70. The molecule has 0 atom stereocenters. The molecule has 0 aliphatic carbocycles. The van der Waals surface area contributed by atoms with Crippen molar-refractivity contribution in [1.82, 2.24) is 16.0 Å². The molecule has 0 spiro atoms. The molecule has 0 aliphatic rings. The maximum absolute atomic E-state index is 11.3. The molecule has 0 rings (SSSR count). The number of hydrogen-bond donors (Lipinski definition) is 3.